The number of nitrogens with zero attached hydrogens (tertiary/aromatic N) is 9. The lowest BCUT2D eigenvalue weighted by Gasteiger charge is -2.64. The molecule has 0 aromatic carbocycles. The maximum Gasteiger partial charge on any atom is 0.264 e. The normalized spacial score (nSPS) is 39.8. The highest BCUT2D eigenvalue weighted by Crippen LogP contribution is 2.74. The molecule has 0 radical (unpaired) electrons. The van der Waals surface area contributed by atoms with Crippen LogP contribution in [0.15, 0.2) is 15.3 Å². The maximum absolute atomic E-state index is 11.7. The molecule has 0 spiro atoms. The number of unbranched alkanes of at least 4 members (excludes halogenated alkanes) is 3. The first-order valence-electron chi connectivity index (χ1n) is 50.4. The zero-order valence-corrected chi connectivity index (χ0v) is 83.9. The van der Waals surface area contributed by atoms with E-state index in [1.807, 2.05) is 0 Å². The molecule has 12 saturated carbocycles. The third-order valence-corrected chi connectivity index (χ3v) is 38.3. The Morgan fingerprint density at radius 3 is 0.930 bits per heavy atom. The van der Waals surface area contributed by atoms with E-state index in [2.05, 4.69) is 113 Å². The van der Waals surface area contributed by atoms with Crippen molar-refractivity contribution < 1.29 is 95.8 Å². The van der Waals surface area contributed by atoms with Crippen LogP contribution in [-0.2, 0) is 85.5 Å². The molecule has 0 amide bonds. The van der Waals surface area contributed by atoms with Gasteiger partial charge in [-0.2, -0.15) is 25.3 Å². The maximum atomic E-state index is 11.7. The molecule has 30 nitrogen and oxygen atoms in total. The van der Waals surface area contributed by atoms with Gasteiger partial charge in [0.25, 0.3) is 30.4 Å². The van der Waals surface area contributed by atoms with Gasteiger partial charge in [0, 0.05) is 50.6 Å². The summed E-state index contributed by atoms with van der Waals surface area (Å²) in [5, 5.41) is 39.9. The van der Waals surface area contributed by atoms with Crippen LogP contribution in [0, 0.1) is 139 Å². The van der Waals surface area contributed by atoms with Gasteiger partial charge in [-0.3, -0.25) is 12.5 Å². The first-order valence-corrected chi connectivity index (χ1v) is 55.8. The lowest BCUT2D eigenvalue weighted by atomic mass is 9.43. The molecule has 0 aromatic rings. The van der Waals surface area contributed by atoms with Crippen molar-refractivity contribution in [2.75, 3.05) is 138 Å². The van der Waals surface area contributed by atoms with E-state index in [4.69, 9.17) is 71.8 Å². The summed E-state index contributed by atoms with van der Waals surface area (Å²) >= 11 is 0. The van der Waals surface area contributed by atoms with E-state index in [-0.39, 0.29) is 165 Å². The monoisotopic (exact) mass is 1880 g/mol. The Morgan fingerprint density at radius 2 is 0.605 bits per heavy atom. The topological polar surface area (TPSA) is 420 Å². The molecule has 0 unspecified atom stereocenters. The van der Waals surface area contributed by atoms with E-state index < -0.39 is 30.4 Å². The third kappa shape index (κ3) is 26.0. The minimum atomic E-state index is -3.59. The summed E-state index contributed by atoms with van der Waals surface area (Å²) in [5.41, 5.74) is 26.7. The molecule has 0 aliphatic heterocycles. The second kappa shape index (κ2) is 49.1. The van der Waals surface area contributed by atoms with Gasteiger partial charge < -0.3 is 58.0 Å². The van der Waals surface area contributed by atoms with Crippen molar-refractivity contribution in [3.05, 3.63) is 31.3 Å². The van der Waals surface area contributed by atoms with Crippen LogP contribution in [0.25, 0.3) is 31.3 Å². The molecule has 0 saturated heterocycles. The standard InChI is InChI=1S/C34H62O12S3.C31H53N9O3.C31H56O6/c1-8-9-10-24(2)27-11-12-28-32-29(23-31(34(27,28)4)43-17-20-46-49(7,39)40)33(3)14-13-26(41-15-18-44-47(5,35)36)21-25(33)22-30(32)42-16-19-45-48(6,37)38;1-5-6-7-21(2)24-8-9-25-29-26(20-28(31(24,25)4)43-17-14-37-40-34)30(3)11-10-23(41-15-12-35-38-32)18-22(30)19-27(29)42-16-13-36-39-33;1-5-6-7-21(2)24-8-9-25-29-26(20-28(31(24,25)4)37-17-14-34)30(3)11-10-23(35-15-12-32)18-22(30)19-27(29)36-16-13-33/h24-32H,8-23H2,1-7H3;21-29H,5-20H2,1-4H3;21-29,32-34H,5-20H2,1-4H3/t24-,25+,26-,27-,28+,29+,30-,31+,32+,33+,34-;2*21-,22+,23-,24-,25+,26+,27-,28+,29+,30+,31-/m111/s1. The Kier molecular flexibility index (Phi) is 41.2. The molecule has 3 N–H and O–H groups in total. The van der Waals surface area contributed by atoms with Crippen molar-refractivity contribution in [3.63, 3.8) is 0 Å². The van der Waals surface area contributed by atoms with E-state index in [9.17, 15) is 40.6 Å². The fraction of sp³-hybridized carbons (Fsp3) is 1.00. The minimum absolute atomic E-state index is 0.0188. The second-order valence-corrected chi connectivity index (χ2v) is 48.1. The number of rotatable bonds is 48. The number of aliphatic hydroxyl groups is 3. The first kappa shape index (κ1) is 108. The number of hydrogen-bond acceptors (Lipinski definition) is 24. The molecule has 129 heavy (non-hydrogen) atoms. The molecule has 33 heteroatoms. The van der Waals surface area contributed by atoms with E-state index >= 15 is 0 Å². The summed E-state index contributed by atoms with van der Waals surface area (Å²) in [4.78, 5) is 8.77. The summed E-state index contributed by atoms with van der Waals surface area (Å²) in [6, 6.07) is 0. The number of hydrogen-bond donors (Lipinski definition) is 3. The summed E-state index contributed by atoms with van der Waals surface area (Å²) in [6.45, 7) is 33.3. The van der Waals surface area contributed by atoms with Crippen LogP contribution in [0.5, 0.6) is 0 Å². The molecule has 12 rings (SSSR count). The zero-order chi connectivity index (χ0) is 93.8. The van der Waals surface area contributed by atoms with Crippen LogP contribution in [0.3, 0.4) is 0 Å². The van der Waals surface area contributed by atoms with Crippen molar-refractivity contribution >= 4 is 30.4 Å². The van der Waals surface area contributed by atoms with Crippen LogP contribution in [-0.4, -0.2) is 233 Å². The minimum Gasteiger partial charge on any atom is -0.394 e. The van der Waals surface area contributed by atoms with Crippen molar-refractivity contribution in [2.45, 2.75) is 331 Å². The fourth-order valence-electron chi connectivity index (χ4n) is 30.7. The van der Waals surface area contributed by atoms with Gasteiger partial charge in [0.2, 0.25) is 0 Å². The zero-order valence-electron chi connectivity index (χ0n) is 81.5. The molecule has 12 aliphatic carbocycles. The highest BCUT2D eigenvalue weighted by molar-refractivity contribution is 7.86. The quantitative estimate of drug-likeness (QED) is 0.0167. The molecular weight excluding hydrogens is 1710 g/mol. The van der Waals surface area contributed by atoms with Crippen LogP contribution in [0.2, 0.25) is 0 Å². The molecule has 0 heterocycles. The van der Waals surface area contributed by atoms with E-state index in [0.717, 1.165) is 141 Å². The Labute approximate surface area is 775 Å². The van der Waals surface area contributed by atoms with E-state index in [0.29, 0.717) is 148 Å². The van der Waals surface area contributed by atoms with E-state index in [1.54, 1.807) is 0 Å². The molecule has 0 bridgehead atoms. The molecule has 33 atom stereocenters. The van der Waals surface area contributed by atoms with Crippen molar-refractivity contribution in [2.24, 2.45) is 154 Å². The molecule has 12 aliphatic rings. The number of fused-ring (bicyclic) bond motifs is 15. The van der Waals surface area contributed by atoms with Gasteiger partial charge in [-0.15, -0.1) is 0 Å². The average molecular weight is 1880 g/mol. The predicted octanol–water partition coefficient (Wildman–Crippen LogP) is 18.4. The molecule has 12 fully saturated rings. The number of aliphatic hydroxyl groups excluding tert-OH is 3. The van der Waals surface area contributed by atoms with Gasteiger partial charge in [0.15, 0.2) is 0 Å². The van der Waals surface area contributed by atoms with Crippen LogP contribution < -0.4 is 0 Å². The van der Waals surface area contributed by atoms with Crippen molar-refractivity contribution in [1.82, 2.24) is 0 Å². The Hall–Kier alpha value is -2.82. The average Bonchev–Trinajstić information content (AvgIpc) is 1.65. The molecule has 0 aromatic heterocycles. The first-order chi connectivity index (χ1) is 61.5. The van der Waals surface area contributed by atoms with Crippen molar-refractivity contribution in [1.29, 1.82) is 0 Å². The smallest absolute Gasteiger partial charge is 0.264 e. The van der Waals surface area contributed by atoms with Gasteiger partial charge in [-0.05, 0) is 274 Å². The Bertz CT molecular complexity index is 3950. The Morgan fingerprint density at radius 1 is 0.341 bits per heavy atom. The number of ether oxygens (including phenoxy) is 9. The van der Waals surface area contributed by atoms with Crippen LogP contribution in [0.4, 0.5) is 0 Å². The van der Waals surface area contributed by atoms with Gasteiger partial charge in [-0.25, -0.2) is 0 Å². The fourth-order valence-corrected chi connectivity index (χ4v) is 31.9. The third-order valence-electron chi connectivity index (χ3n) is 36.6. The van der Waals surface area contributed by atoms with Crippen LogP contribution in [0.1, 0.15) is 276 Å². The van der Waals surface area contributed by atoms with Crippen LogP contribution >= 0.6 is 0 Å². The summed E-state index contributed by atoms with van der Waals surface area (Å²) in [6.07, 6.45) is 36.6. The molecular formula is C96H171N9O21S3. The van der Waals surface area contributed by atoms with E-state index in [1.165, 1.54) is 70.6 Å². The highest BCUT2D eigenvalue weighted by atomic mass is 32.2. The summed E-state index contributed by atoms with van der Waals surface area (Å²) in [5.74, 6) is 8.49. The SMILES string of the molecule is CCCC[C@@H](C)[C@H]1CC[C@H]2[C@@H]3[C@H](OCCN=[N+]=[N-])C[C@@H]4C[C@H](OCCN=[N+]=[N-])CC[C@]4(C)[C@H]3C[C@H](OCCN=[N+]=[N-])[C@]12C.CCCC[C@@H](C)[C@H]1CC[C@H]2[C@@H]3[C@H](OCCO)C[C@@H]4C[C@H](OCCO)CC[C@]4(C)[C@H]3C[C@H](OCCO)[C@]12C.CCCC[C@@H](C)[C@H]1CC[C@H]2[C@@H]3[C@H](OCCOS(C)(=O)=O)C[C@@H]4C[C@H](OCCOS(C)(=O)=O)CC[C@]4(C)[C@H]3C[C@H](OCCOS(C)(=O)=O)[C@]12C. The summed E-state index contributed by atoms with van der Waals surface area (Å²) in [7, 11) is -10.7. The largest absolute Gasteiger partial charge is 0.394 e. The Balaban J connectivity index is 0.000000203. The van der Waals surface area contributed by atoms with Gasteiger partial charge in [0.1, 0.15) is 0 Å². The van der Waals surface area contributed by atoms with Gasteiger partial charge in [-0.1, -0.05) is 156 Å². The van der Waals surface area contributed by atoms with Crippen molar-refractivity contribution in [3.8, 4) is 0 Å². The highest BCUT2D eigenvalue weighted by Gasteiger charge is 2.71. The van der Waals surface area contributed by atoms with Gasteiger partial charge >= 0.3 is 0 Å². The lowest BCUT2D eigenvalue weighted by Crippen LogP contribution is -2.63. The summed E-state index contributed by atoms with van der Waals surface area (Å²) < 4.78 is 143. The van der Waals surface area contributed by atoms with Gasteiger partial charge in [0.05, 0.1) is 173 Å². The molecule has 744 valence electrons. The number of azide groups is 3. The lowest BCUT2D eigenvalue weighted by molar-refractivity contribution is -0.229. The predicted molar refractivity (Wildman–Crippen MR) is 497 cm³/mol. The second-order valence-electron chi connectivity index (χ2n) is 43.1.